The van der Waals surface area contributed by atoms with Crippen LogP contribution < -0.4 is 0 Å². The second kappa shape index (κ2) is 5.16. The zero-order valence-electron chi connectivity index (χ0n) is 8.88. The Morgan fingerprint density at radius 2 is 1.76 bits per heavy atom. The van der Waals surface area contributed by atoms with Gasteiger partial charge in [0.05, 0.1) is 12.3 Å². The van der Waals surface area contributed by atoms with Crippen LogP contribution >= 0.6 is 0 Å². The second-order valence-corrected chi connectivity index (χ2v) is 3.68. The molecule has 6 heteroatoms. The molecule has 1 atom stereocenters. The van der Waals surface area contributed by atoms with Gasteiger partial charge >= 0.3 is 5.97 Å². The molecule has 0 saturated carbocycles. The first-order valence-corrected chi connectivity index (χ1v) is 4.78. The van der Waals surface area contributed by atoms with Crippen molar-refractivity contribution in [3.63, 3.8) is 0 Å². The third-order valence-electron chi connectivity index (χ3n) is 2.29. The Labute approximate surface area is 94.9 Å². The van der Waals surface area contributed by atoms with Crippen molar-refractivity contribution in [1.29, 1.82) is 0 Å². The molecule has 1 aromatic carbocycles. The normalized spacial score (nSPS) is 12.8. The lowest BCUT2D eigenvalue weighted by Gasteiger charge is -2.16. The Morgan fingerprint density at radius 1 is 1.29 bits per heavy atom. The number of carboxylic acid groups (broad SMARTS) is 1. The van der Waals surface area contributed by atoms with Crippen LogP contribution in [0.25, 0.3) is 0 Å². The molecule has 0 aliphatic rings. The monoisotopic (exact) mass is 250 g/mol. The molecule has 1 rings (SSSR count). The quantitative estimate of drug-likeness (QED) is 0.834. The molecule has 0 aromatic heterocycles. The predicted molar refractivity (Wildman–Crippen MR) is 52.1 cm³/mol. The van der Waals surface area contributed by atoms with Crippen molar-refractivity contribution in [3.8, 4) is 0 Å². The minimum Gasteiger partial charge on any atom is -0.481 e. The summed E-state index contributed by atoms with van der Waals surface area (Å²) in [6.45, 7) is 1.41. The molecule has 94 valence electrons. The third-order valence-corrected chi connectivity index (χ3v) is 2.29. The summed E-state index contributed by atoms with van der Waals surface area (Å²) in [6.07, 6.45) is -4.16. The fourth-order valence-corrected chi connectivity index (χ4v) is 1.57. The van der Waals surface area contributed by atoms with E-state index < -0.39 is 41.9 Å². The average Bonchev–Trinajstić information content (AvgIpc) is 2.13. The SMILES string of the molecule is Cc1cc(F)c(C(CC(=O)O)C(F)F)c(F)c1. The van der Waals surface area contributed by atoms with Gasteiger partial charge in [0.2, 0.25) is 6.43 Å². The van der Waals surface area contributed by atoms with Gasteiger partial charge in [0, 0.05) is 5.56 Å². The maximum Gasteiger partial charge on any atom is 0.304 e. The number of carboxylic acids is 1. The highest BCUT2D eigenvalue weighted by atomic mass is 19.3. The van der Waals surface area contributed by atoms with E-state index in [1.807, 2.05) is 0 Å². The van der Waals surface area contributed by atoms with E-state index in [0.29, 0.717) is 0 Å². The molecular formula is C11H10F4O2. The Morgan fingerprint density at radius 3 is 2.12 bits per heavy atom. The maximum absolute atomic E-state index is 13.4. The van der Waals surface area contributed by atoms with E-state index in [4.69, 9.17) is 5.11 Å². The van der Waals surface area contributed by atoms with Crippen molar-refractivity contribution in [1.82, 2.24) is 0 Å². The van der Waals surface area contributed by atoms with Gasteiger partial charge in [-0.2, -0.15) is 0 Å². The van der Waals surface area contributed by atoms with Gasteiger partial charge in [0.25, 0.3) is 0 Å². The summed E-state index contributed by atoms with van der Waals surface area (Å²) in [5.41, 5.74) is -0.625. The lowest BCUT2D eigenvalue weighted by Crippen LogP contribution is -2.17. The van der Waals surface area contributed by atoms with E-state index in [9.17, 15) is 22.4 Å². The summed E-state index contributed by atoms with van der Waals surface area (Å²) >= 11 is 0. The van der Waals surface area contributed by atoms with E-state index >= 15 is 0 Å². The summed E-state index contributed by atoms with van der Waals surface area (Å²) in [5.74, 6) is -5.80. The maximum atomic E-state index is 13.4. The largest absolute Gasteiger partial charge is 0.481 e. The highest BCUT2D eigenvalue weighted by Gasteiger charge is 2.30. The van der Waals surface area contributed by atoms with Crippen molar-refractivity contribution >= 4 is 5.97 Å². The number of alkyl halides is 2. The van der Waals surface area contributed by atoms with Crippen LogP contribution in [0, 0.1) is 18.6 Å². The molecule has 1 unspecified atom stereocenters. The zero-order chi connectivity index (χ0) is 13.2. The molecule has 0 saturated heterocycles. The standard InChI is InChI=1S/C11H10F4O2/c1-5-2-7(12)10(8(13)3-5)6(11(14)15)4-9(16)17/h2-3,6,11H,4H2,1H3,(H,16,17). The third kappa shape index (κ3) is 3.18. The summed E-state index contributed by atoms with van der Waals surface area (Å²) in [7, 11) is 0. The van der Waals surface area contributed by atoms with Crippen molar-refractivity contribution in [3.05, 3.63) is 34.9 Å². The van der Waals surface area contributed by atoms with Crippen molar-refractivity contribution in [2.75, 3.05) is 0 Å². The van der Waals surface area contributed by atoms with Crippen LogP contribution in [0.4, 0.5) is 17.6 Å². The van der Waals surface area contributed by atoms with Crippen molar-refractivity contribution in [2.24, 2.45) is 0 Å². The first-order chi connectivity index (χ1) is 7.82. The molecule has 0 spiro atoms. The topological polar surface area (TPSA) is 37.3 Å². The minimum atomic E-state index is -3.14. The highest BCUT2D eigenvalue weighted by Crippen LogP contribution is 2.31. The summed E-state index contributed by atoms with van der Waals surface area (Å²) in [5, 5.41) is 8.45. The van der Waals surface area contributed by atoms with Gasteiger partial charge in [-0.15, -0.1) is 0 Å². The van der Waals surface area contributed by atoms with Gasteiger partial charge in [-0.25, -0.2) is 17.6 Å². The molecule has 2 nitrogen and oxygen atoms in total. The Hall–Kier alpha value is -1.59. The van der Waals surface area contributed by atoms with Crippen molar-refractivity contribution < 1.29 is 27.5 Å². The average molecular weight is 250 g/mol. The molecule has 0 heterocycles. The lowest BCUT2D eigenvalue weighted by molar-refractivity contribution is -0.138. The number of hydrogen-bond donors (Lipinski definition) is 1. The number of hydrogen-bond acceptors (Lipinski definition) is 1. The number of rotatable bonds is 4. The molecule has 0 radical (unpaired) electrons. The van der Waals surface area contributed by atoms with E-state index in [1.165, 1.54) is 6.92 Å². The van der Waals surface area contributed by atoms with Crippen LogP contribution in [0.3, 0.4) is 0 Å². The number of carbonyl (C=O) groups is 1. The molecule has 0 bridgehead atoms. The van der Waals surface area contributed by atoms with Crippen LogP contribution in [0.2, 0.25) is 0 Å². The van der Waals surface area contributed by atoms with Crippen LogP contribution in [-0.2, 0) is 4.79 Å². The summed E-state index contributed by atoms with van der Waals surface area (Å²) in [6, 6.07) is 1.80. The molecule has 1 N–H and O–H groups in total. The van der Waals surface area contributed by atoms with Crippen LogP contribution in [-0.4, -0.2) is 17.5 Å². The van der Waals surface area contributed by atoms with Gasteiger partial charge in [-0.3, -0.25) is 4.79 Å². The Bertz CT molecular complexity index is 408. The van der Waals surface area contributed by atoms with Gasteiger partial charge in [-0.1, -0.05) is 0 Å². The van der Waals surface area contributed by atoms with Crippen LogP contribution in [0.15, 0.2) is 12.1 Å². The fourth-order valence-electron chi connectivity index (χ4n) is 1.57. The first-order valence-electron chi connectivity index (χ1n) is 4.78. The van der Waals surface area contributed by atoms with Gasteiger partial charge in [-0.05, 0) is 24.6 Å². The van der Waals surface area contributed by atoms with Gasteiger partial charge in [0.1, 0.15) is 11.6 Å². The first kappa shape index (κ1) is 13.5. The van der Waals surface area contributed by atoms with Crippen LogP contribution in [0.5, 0.6) is 0 Å². The lowest BCUT2D eigenvalue weighted by atomic mass is 9.94. The predicted octanol–water partition coefficient (Wildman–Crippen LogP) is 3.10. The fraction of sp³-hybridized carbons (Fsp3) is 0.364. The molecule has 17 heavy (non-hydrogen) atoms. The van der Waals surface area contributed by atoms with Gasteiger partial charge < -0.3 is 5.11 Å². The van der Waals surface area contributed by atoms with E-state index in [-0.39, 0.29) is 5.56 Å². The van der Waals surface area contributed by atoms with E-state index in [2.05, 4.69) is 0 Å². The molecule has 1 aromatic rings. The number of halogens is 4. The molecule has 0 aliphatic carbocycles. The number of benzene rings is 1. The molecule has 0 fully saturated rings. The summed E-state index contributed by atoms with van der Waals surface area (Å²) < 4.78 is 52.0. The molecule has 0 aliphatic heterocycles. The highest BCUT2D eigenvalue weighted by molar-refractivity contribution is 5.68. The zero-order valence-corrected chi connectivity index (χ0v) is 8.88. The second-order valence-electron chi connectivity index (χ2n) is 3.68. The van der Waals surface area contributed by atoms with E-state index in [1.54, 1.807) is 0 Å². The molecular weight excluding hydrogens is 240 g/mol. The van der Waals surface area contributed by atoms with E-state index in [0.717, 1.165) is 12.1 Å². The smallest absolute Gasteiger partial charge is 0.304 e. The van der Waals surface area contributed by atoms with Crippen LogP contribution in [0.1, 0.15) is 23.5 Å². The summed E-state index contributed by atoms with van der Waals surface area (Å²) in [4.78, 5) is 10.4. The minimum absolute atomic E-state index is 0.243. The Kier molecular flexibility index (Phi) is 4.09. The van der Waals surface area contributed by atoms with Gasteiger partial charge in [0.15, 0.2) is 0 Å². The molecule has 0 amide bonds. The number of aryl methyl sites for hydroxylation is 1. The van der Waals surface area contributed by atoms with Crippen molar-refractivity contribution in [2.45, 2.75) is 25.7 Å². The number of aliphatic carboxylic acids is 1. The Balaban J connectivity index is 3.23.